The molecule has 2 saturated heterocycles. The molecule has 0 amide bonds. The van der Waals surface area contributed by atoms with Gasteiger partial charge in [0.05, 0.1) is 0 Å². The lowest BCUT2D eigenvalue weighted by molar-refractivity contribution is 0.298. The minimum atomic E-state index is -0.140. The highest BCUT2D eigenvalue weighted by atomic mass is 19.1. The molecule has 0 aromatic heterocycles. The predicted octanol–water partition coefficient (Wildman–Crippen LogP) is 2.46. The largest absolute Gasteiger partial charge is 0.308 e. The first kappa shape index (κ1) is 12.1. The lowest BCUT2D eigenvalue weighted by Crippen LogP contribution is -2.38. The van der Waals surface area contributed by atoms with Gasteiger partial charge in [0.1, 0.15) is 5.82 Å². The average molecular weight is 248 g/mol. The van der Waals surface area contributed by atoms with Gasteiger partial charge in [-0.25, -0.2) is 4.39 Å². The van der Waals surface area contributed by atoms with Crippen LogP contribution in [0.25, 0.3) is 0 Å². The fourth-order valence-corrected chi connectivity index (χ4v) is 3.42. The summed E-state index contributed by atoms with van der Waals surface area (Å²) in [6, 6.07) is 6.44. The number of nitrogens with one attached hydrogen (secondary N) is 1. The van der Waals surface area contributed by atoms with E-state index in [1.54, 1.807) is 12.1 Å². The number of aryl methyl sites for hydroxylation is 1. The molecule has 1 aromatic rings. The SMILES string of the molecule is Cc1cc(F)ccc1CNC1CCN2CCCC12. The summed E-state index contributed by atoms with van der Waals surface area (Å²) in [6.45, 7) is 5.36. The van der Waals surface area contributed by atoms with E-state index in [1.165, 1.54) is 37.9 Å². The first-order valence-electron chi connectivity index (χ1n) is 6.96. The molecule has 0 aliphatic carbocycles. The zero-order chi connectivity index (χ0) is 12.5. The van der Waals surface area contributed by atoms with E-state index in [0.717, 1.165) is 18.2 Å². The maximum Gasteiger partial charge on any atom is 0.123 e. The van der Waals surface area contributed by atoms with E-state index in [4.69, 9.17) is 0 Å². The second-order valence-corrected chi connectivity index (χ2v) is 5.59. The van der Waals surface area contributed by atoms with Crippen LogP contribution in [0.3, 0.4) is 0 Å². The molecule has 98 valence electrons. The number of hydrogen-bond acceptors (Lipinski definition) is 2. The molecular weight excluding hydrogens is 227 g/mol. The van der Waals surface area contributed by atoms with Gasteiger partial charge < -0.3 is 5.32 Å². The van der Waals surface area contributed by atoms with Crippen LogP contribution in [0.4, 0.5) is 4.39 Å². The van der Waals surface area contributed by atoms with Crippen LogP contribution in [0.1, 0.15) is 30.4 Å². The molecule has 0 spiro atoms. The quantitative estimate of drug-likeness (QED) is 0.884. The Morgan fingerprint density at radius 1 is 1.33 bits per heavy atom. The highest BCUT2D eigenvalue weighted by Gasteiger charge is 2.36. The summed E-state index contributed by atoms with van der Waals surface area (Å²) in [5.41, 5.74) is 2.26. The minimum Gasteiger partial charge on any atom is -0.308 e. The summed E-state index contributed by atoms with van der Waals surface area (Å²) in [4.78, 5) is 2.61. The lowest BCUT2D eigenvalue weighted by Gasteiger charge is -2.21. The Morgan fingerprint density at radius 3 is 3.06 bits per heavy atom. The third kappa shape index (κ3) is 2.29. The summed E-state index contributed by atoms with van der Waals surface area (Å²) in [5.74, 6) is -0.140. The lowest BCUT2D eigenvalue weighted by atomic mass is 10.0. The van der Waals surface area contributed by atoms with Crippen LogP contribution in [0.5, 0.6) is 0 Å². The van der Waals surface area contributed by atoms with Crippen LogP contribution in [0.15, 0.2) is 18.2 Å². The van der Waals surface area contributed by atoms with Gasteiger partial charge in [-0.05, 0) is 56.0 Å². The molecule has 2 heterocycles. The molecule has 0 radical (unpaired) electrons. The van der Waals surface area contributed by atoms with Crippen molar-refractivity contribution in [2.24, 2.45) is 0 Å². The van der Waals surface area contributed by atoms with Crippen molar-refractivity contribution in [1.29, 1.82) is 0 Å². The third-order valence-corrected chi connectivity index (χ3v) is 4.47. The van der Waals surface area contributed by atoms with E-state index >= 15 is 0 Å². The summed E-state index contributed by atoms with van der Waals surface area (Å²) in [6.07, 6.45) is 3.93. The molecule has 2 aliphatic rings. The van der Waals surface area contributed by atoms with Crippen LogP contribution in [-0.2, 0) is 6.54 Å². The Hall–Kier alpha value is -0.930. The van der Waals surface area contributed by atoms with Gasteiger partial charge in [0.15, 0.2) is 0 Å². The molecule has 0 bridgehead atoms. The van der Waals surface area contributed by atoms with Gasteiger partial charge in [-0.1, -0.05) is 6.07 Å². The Morgan fingerprint density at radius 2 is 2.22 bits per heavy atom. The van der Waals surface area contributed by atoms with Crippen molar-refractivity contribution in [2.45, 2.75) is 44.8 Å². The Kier molecular flexibility index (Phi) is 3.35. The molecule has 2 fully saturated rings. The monoisotopic (exact) mass is 248 g/mol. The number of rotatable bonds is 3. The first-order chi connectivity index (χ1) is 8.74. The Labute approximate surface area is 108 Å². The van der Waals surface area contributed by atoms with Gasteiger partial charge >= 0.3 is 0 Å². The molecule has 1 N–H and O–H groups in total. The van der Waals surface area contributed by atoms with E-state index < -0.39 is 0 Å². The third-order valence-electron chi connectivity index (χ3n) is 4.47. The second-order valence-electron chi connectivity index (χ2n) is 5.59. The maximum atomic E-state index is 13.0. The standard InChI is InChI=1S/C15H21FN2/c1-11-9-13(16)5-4-12(11)10-17-14-6-8-18-7-2-3-15(14)18/h4-5,9,14-15,17H,2-3,6-8,10H2,1H3. The summed E-state index contributed by atoms with van der Waals surface area (Å²) < 4.78 is 13.0. The average Bonchev–Trinajstić information content (AvgIpc) is 2.91. The topological polar surface area (TPSA) is 15.3 Å². The summed E-state index contributed by atoms with van der Waals surface area (Å²) in [7, 11) is 0. The Balaban J connectivity index is 1.61. The number of fused-ring (bicyclic) bond motifs is 1. The van der Waals surface area contributed by atoms with Crippen LogP contribution in [0.2, 0.25) is 0 Å². The smallest absolute Gasteiger partial charge is 0.123 e. The van der Waals surface area contributed by atoms with E-state index in [0.29, 0.717) is 6.04 Å². The molecule has 2 atom stereocenters. The van der Waals surface area contributed by atoms with E-state index in [9.17, 15) is 4.39 Å². The summed E-state index contributed by atoms with van der Waals surface area (Å²) in [5, 5.41) is 3.67. The molecular formula is C15H21FN2. The number of nitrogens with zero attached hydrogens (tertiary/aromatic N) is 1. The van der Waals surface area contributed by atoms with E-state index in [1.807, 2.05) is 13.0 Å². The molecule has 3 rings (SSSR count). The molecule has 1 aromatic carbocycles. The Bertz CT molecular complexity index is 433. The van der Waals surface area contributed by atoms with Crippen molar-refractivity contribution >= 4 is 0 Å². The van der Waals surface area contributed by atoms with Crippen LogP contribution >= 0.6 is 0 Å². The van der Waals surface area contributed by atoms with Crippen molar-refractivity contribution in [3.8, 4) is 0 Å². The summed E-state index contributed by atoms with van der Waals surface area (Å²) >= 11 is 0. The van der Waals surface area contributed by atoms with Crippen molar-refractivity contribution in [1.82, 2.24) is 10.2 Å². The predicted molar refractivity (Wildman–Crippen MR) is 71.0 cm³/mol. The van der Waals surface area contributed by atoms with Gasteiger partial charge in [0.25, 0.3) is 0 Å². The van der Waals surface area contributed by atoms with Gasteiger partial charge in [-0.15, -0.1) is 0 Å². The van der Waals surface area contributed by atoms with Crippen molar-refractivity contribution in [3.63, 3.8) is 0 Å². The minimum absolute atomic E-state index is 0.140. The maximum absolute atomic E-state index is 13.0. The molecule has 2 nitrogen and oxygen atoms in total. The van der Waals surface area contributed by atoms with Crippen LogP contribution in [0, 0.1) is 12.7 Å². The fraction of sp³-hybridized carbons (Fsp3) is 0.600. The van der Waals surface area contributed by atoms with Gasteiger partial charge in [-0.2, -0.15) is 0 Å². The van der Waals surface area contributed by atoms with Crippen molar-refractivity contribution in [3.05, 3.63) is 35.1 Å². The molecule has 2 unspecified atom stereocenters. The van der Waals surface area contributed by atoms with Gasteiger partial charge in [0.2, 0.25) is 0 Å². The van der Waals surface area contributed by atoms with Gasteiger partial charge in [0, 0.05) is 25.2 Å². The first-order valence-corrected chi connectivity index (χ1v) is 6.96. The van der Waals surface area contributed by atoms with Crippen LogP contribution in [-0.4, -0.2) is 30.1 Å². The number of halogens is 1. The zero-order valence-corrected chi connectivity index (χ0v) is 11.0. The zero-order valence-electron chi connectivity index (χ0n) is 11.0. The van der Waals surface area contributed by atoms with Crippen molar-refractivity contribution < 1.29 is 4.39 Å². The van der Waals surface area contributed by atoms with Gasteiger partial charge in [-0.3, -0.25) is 4.90 Å². The highest BCUT2D eigenvalue weighted by molar-refractivity contribution is 5.26. The molecule has 18 heavy (non-hydrogen) atoms. The fourth-order valence-electron chi connectivity index (χ4n) is 3.42. The molecule has 2 aliphatic heterocycles. The molecule has 3 heteroatoms. The van der Waals surface area contributed by atoms with Crippen LogP contribution < -0.4 is 5.32 Å². The van der Waals surface area contributed by atoms with E-state index in [-0.39, 0.29) is 5.82 Å². The normalized spacial score (nSPS) is 27.7. The van der Waals surface area contributed by atoms with E-state index in [2.05, 4.69) is 10.2 Å². The second kappa shape index (κ2) is 4.98. The number of hydrogen-bond donors (Lipinski definition) is 1. The highest BCUT2D eigenvalue weighted by Crippen LogP contribution is 2.28. The molecule has 0 saturated carbocycles. The van der Waals surface area contributed by atoms with Crippen molar-refractivity contribution in [2.75, 3.05) is 13.1 Å². The number of benzene rings is 1.